The molecule has 2 aromatic rings. The normalized spacial score (nSPS) is 15.0. The molecule has 0 radical (unpaired) electrons. The zero-order chi connectivity index (χ0) is 12.5. The van der Waals surface area contributed by atoms with E-state index in [1.807, 2.05) is 11.3 Å². The van der Waals surface area contributed by atoms with Gasteiger partial charge in [-0.2, -0.15) is 0 Å². The maximum Gasteiger partial charge on any atom is 0.190 e. The second-order valence-corrected chi connectivity index (χ2v) is 7.04. The van der Waals surface area contributed by atoms with Gasteiger partial charge in [0.15, 0.2) is 5.16 Å². The molecule has 2 aromatic heterocycles. The van der Waals surface area contributed by atoms with Crippen molar-refractivity contribution in [3.8, 4) is 0 Å². The molecule has 0 aliphatic heterocycles. The third kappa shape index (κ3) is 2.26. The molecule has 0 saturated carbocycles. The molecule has 2 nitrogen and oxygen atoms in total. The molecular formula is C13H15ClN2S2. The van der Waals surface area contributed by atoms with E-state index in [4.69, 9.17) is 11.6 Å². The lowest BCUT2D eigenvalue weighted by molar-refractivity contribution is 0.700. The van der Waals surface area contributed by atoms with Crippen LogP contribution < -0.4 is 0 Å². The number of thioether (sulfide) groups is 1. The Morgan fingerprint density at radius 3 is 2.94 bits per heavy atom. The fourth-order valence-electron chi connectivity index (χ4n) is 2.35. The number of nitrogens with zero attached hydrogens (tertiary/aromatic N) is 2. The first-order valence-electron chi connectivity index (χ1n) is 6.40. The van der Waals surface area contributed by atoms with E-state index in [-0.39, 0.29) is 0 Å². The Morgan fingerprint density at radius 1 is 1.28 bits per heavy atom. The van der Waals surface area contributed by atoms with Crippen molar-refractivity contribution in [1.29, 1.82) is 0 Å². The van der Waals surface area contributed by atoms with Crippen LogP contribution in [0.4, 0.5) is 0 Å². The predicted molar refractivity (Wildman–Crippen MR) is 80.1 cm³/mol. The zero-order valence-corrected chi connectivity index (χ0v) is 12.7. The van der Waals surface area contributed by atoms with E-state index in [0.29, 0.717) is 5.15 Å². The van der Waals surface area contributed by atoms with E-state index < -0.39 is 0 Å². The fraction of sp³-hybridized carbons (Fsp3) is 0.538. The van der Waals surface area contributed by atoms with Crippen molar-refractivity contribution in [2.75, 3.05) is 5.75 Å². The molecule has 0 unspecified atom stereocenters. The number of thiophene rings is 1. The first-order valence-corrected chi connectivity index (χ1v) is 8.58. The van der Waals surface area contributed by atoms with Crippen LogP contribution in [0.15, 0.2) is 5.16 Å². The number of hydrogen-bond donors (Lipinski definition) is 0. The fourth-order valence-corrected chi connectivity index (χ4v) is 4.76. The zero-order valence-electron chi connectivity index (χ0n) is 10.3. The molecule has 2 heterocycles. The van der Waals surface area contributed by atoms with Gasteiger partial charge in [0.2, 0.25) is 0 Å². The number of fused-ring (bicyclic) bond motifs is 3. The highest BCUT2D eigenvalue weighted by Gasteiger charge is 2.20. The van der Waals surface area contributed by atoms with Gasteiger partial charge in [0.1, 0.15) is 9.98 Å². The number of aryl methyl sites for hydroxylation is 2. The standard InChI is InChI=1S/C13H15ClN2S2/c1-2-7-17-13-15-11(14)10-8-5-3-4-6-9(8)18-12(10)16-13/h2-7H2,1H3. The predicted octanol–water partition coefficient (Wildman–Crippen LogP) is 4.73. The van der Waals surface area contributed by atoms with Crippen molar-refractivity contribution in [3.63, 3.8) is 0 Å². The lowest BCUT2D eigenvalue weighted by Gasteiger charge is -2.10. The molecule has 0 amide bonds. The average molecular weight is 299 g/mol. The van der Waals surface area contributed by atoms with E-state index in [2.05, 4.69) is 16.9 Å². The van der Waals surface area contributed by atoms with Crippen LogP contribution in [0.5, 0.6) is 0 Å². The maximum absolute atomic E-state index is 6.36. The number of aromatic nitrogens is 2. The molecule has 0 N–H and O–H groups in total. The SMILES string of the molecule is CCCSc1nc(Cl)c2c3c(sc2n1)CCCC3. The minimum atomic E-state index is 0.651. The van der Waals surface area contributed by atoms with Crippen LogP contribution in [0.25, 0.3) is 10.2 Å². The Labute approximate surface area is 120 Å². The van der Waals surface area contributed by atoms with Gasteiger partial charge in [-0.1, -0.05) is 30.3 Å². The van der Waals surface area contributed by atoms with E-state index in [9.17, 15) is 0 Å². The van der Waals surface area contributed by atoms with Gasteiger partial charge in [-0.05, 0) is 37.7 Å². The smallest absolute Gasteiger partial charge is 0.190 e. The summed E-state index contributed by atoms with van der Waals surface area (Å²) in [6.45, 7) is 2.16. The van der Waals surface area contributed by atoms with Gasteiger partial charge >= 0.3 is 0 Å². The lowest BCUT2D eigenvalue weighted by Crippen LogP contribution is -1.98. The second kappa shape index (κ2) is 5.35. The summed E-state index contributed by atoms with van der Waals surface area (Å²) in [7, 11) is 0. The molecule has 18 heavy (non-hydrogen) atoms. The van der Waals surface area contributed by atoms with Crippen molar-refractivity contribution in [3.05, 3.63) is 15.6 Å². The number of halogens is 1. The third-order valence-corrected chi connectivity index (χ3v) is 5.70. The lowest BCUT2D eigenvalue weighted by atomic mass is 9.97. The van der Waals surface area contributed by atoms with Crippen LogP contribution in [-0.2, 0) is 12.8 Å². The molecule has 0 spiro atoms. The molecule has 3 rings (SSSR count). The second-order valence-electron chi connectivity index (χ2n) is 4.54. The molecule has 0 saturated heterocycles. The van der Waals surface area contributed by atoms with E-state index in [0.717, 1.165) is 34.0 Å². The molecule has 1 aliphatic carbocycles. The molecule has 0 bridgehead atoms. The summed E-state index contributed by atoms with van der Waals surface area (Å²) in [4.78, 5) is 11.7. The van der Waals surface area contributed by atoms with Gasteiger partial charge in [-0.15, -0.1) is 11.3 Å². The molecule has 96 valence electrons. The first-order chi connectivity index (χ1) is 8.79. The van der Waals surface area contributed by atoms with Crippen LogP contribution in [0.3, 0.4) is 0 Å². The topological polar surface area (TPSA) is 25.8 Å². The summed E-state index contributed by atoms with van der Waals surface area (Å²) in [5, 5.41) is 2.60. The molecule has 5 heteroatoms. The average Bonchev–Trinajstić information content (AvgIpc) is 2.74. The van der Waals surface area contributed by atoms with Gasteiger partial charge < -0.3 is 0 Å². The first kappa shape index (κ1) is 12.7. The van der Waals surface area contributed by atoms with Crippen molar-refractivity contribution in [2.24, 2.45) is 0 Å². The van der Waals surface area contributed by atoms with E-state index >= 15 is 0 Å². The third-order valence-electron chi connectivity index (χ3n) is 3.19. The van der Waals surface area contributed by atoms with Crippen LogP contribution in [0, 0.1) is 0 Å². The van der Waals surface area contributed by atoms with Gasteiger partial charge in [-0.25, -0.2) is 9.97 Å². The van der Waals surface area contributed by atoms with Gasteiger partial charge in [0.05, 0.1) is 5.39 Å². The summed E-state index contributed by atoms with van der Waals surface area (Å²) in [5.41, 5.74) is 1.42. The van der Waals surface area contributed by atoms with Crippen molar-refractivity contribution < 1.29 is 0 Å². The van der Waals surface area contributed by atoms with Crippen LogP contribution in [0.1, 0.15) is 36.6 Å². The Bertz CT molecular complexity index is 580. The Kier molecular flexibility index (Phi) is 3.78. The minimum absolute atomic E-state index is 0.651. The van der Waals surface area contributed by atoms with E-state index in [1.54, 1.807) is 11.8 Å². The van der Waals surface area contributed by atoms with Crippen LogP contribution in [0.2, 0.25) is 5.15 Å². The molecule has 1 aliphatic rings. The summed E-state index contributed by atoms with van der Waals surface area (Å²) in [6, 6.07) is 0. The summed E-state index contributed by atoms with van der Waals surface area (Å²) >= 11 is 9.87. The highest BCUT2D eigenvalue weighted by molar-refractivity contribution is 7.99. The Hall–Kier alpha value is -0.320. The molecule has 0 aromatic carbocycles. The molecular weight excluding hydrogens is 284 g/mol. The van der Waals surface area contributed by atoms with Gasteiger partial charge in [0, 0.05) is 10.6 Å². The van der Waals surface area contributed by atoms with Crippen LogP contribution >= 0.6 is 34.7 Å². The summed E-state index contributed by atoms with van der Waals surface area (Å²) < 4.78 is 0. The largest absolute Gasteiger partial charge is 0.211 e. The highest BCUT2D eigenvalue weighted by atomic mass is 35.5. The Balaban J connectivity index is 2.08. The van der Waals surface area contributed by atoms with Crippen molar-refractivity contribution in [1.82, 2.24) is 9.97 Å². The maximum atomic E-state index is 6.36. The number of hydrogen-bond acceptors (Lipinski definition) is 4. The van der Waals surface area contributed by atoms with Crippen molar-refractivity contribution in [2.45, 2.75) is 44.2 Å². The number of rotatable bonds is 3. The van der Waals surface area contributed by atoms with Crippen LogP contribution in [-0.4, -0.2) is 15.7 Å². The Morgan fingerprint density at radius 2 is 2.11 bits per heavy atom. The van der Waals surface area contributed by atoms with E-state index in [1.165, 1.54) is 29.7 Å². The summed E-state index contributed by atoms with van der Waals surface area (Å²) in [5.74, 6) is 1.05. The molecule has 0 fully saturated rings. The van der Waals surface area contributed by atoms with Gasteiger partial charge in [0.25, 0.3) is 0 Å². The highest BCUT2D eigenvalue weighted by Crippen LogP contribution is 2.39. The minimum Gasteiger partial charge on any atom is -0.211 e. The van der Waals surface area contributed by atoms with Gasteiger partial charge in [-0.3, -0.25) is 0 Å². The summed E-state index contributed by atoms with van der Waals surface area (Å²) in [6.07, 6.45) is 6.01. The monoisotopic (exact) mass is 298 g/mol. The molecule has 0 atom stereocenters. The quantitative estimate of drug-likeness (QED) is 0.465. The van der Waals surface area contributed by atoms with Crippen molar-refractivity contribution >= 4 is 44.9 Å².